The van der Waals surface area contributed by atoms with E-state index in [1.807, 2.05) is 19.1 Å². The van der Waals surface area contributed by atoms with Gasteiger partial charge in [-0.3, -0.25) is 4.79 Å². The highest BCUT2D eigenvalue weighted by Crippen LogP contribution is 2.26. The molecule has 5 rings (SSSR count). The van der Waals surface area contributed by atoms with Crippen LogP contribution in [-0.4, -0.2) is 0 Å². The molecule has 1 aromatic heterocycles. The molecule has 0 aliphatic rings. The maximum absolute atomic E-state index is 15.0. The van der Waals surface area contributed by atoms with Crippen molar-refractivity contribution >= 4 is 32.7 Å². The Bertz CT molecular complexity index is 1820. The van der Waals surface area contributed by atoms with Crippen molar-refractivity contribution in [3.05, 3.63) is 105 Å². The van der Waals surface area contributed by atoms with Gasteiger partial charge in [0.25, 0.3) is 0 Å². The second kappa shape index (κ2) is 9.09. The molecule has 0 amide bonds. The molecule has 0 spiro atoms. The molecule has 170 valence electrons. The summed E-state index contributed by atoms with van der Waals surface area (Å²) in [6.45, 7) is 3.57. The fraction of sp³-hybridized carbons (Fsp3) is 0.129. The summed E-state index contributed by atoms with van der Waals surface area (Å²) < 4.78 is 35.5. The van der Waals surface area contributed by atoms with Crippen LogP contribution in [0, 0.1) is 42.2 Å². The first-order valence-electron chi connectivity index (χ1n) is 11.2. The van der Waals surface area contributed by atoms with Crippen LogP contribution in [0.5, 0.6) is 0 Å². The van der Waals surface area contributed by atoms with Crippen LogP contribution in [0.3, 0.4) is 0 Å². The van der Waals surface area contributed by atoms with E-state index in [-0.39, 0.29) is 21.8 Å². The van der Waals surface area contributed by atoms with Crippen LogP contribution in [-0.2, 0) is 6.42 Å². The fourth-order valence-corrected chi connectivity index (χ4v) is 4.20. The molecule has 0 unspecified atom stereocenters. The molecule has 0 bridgehead atoms. The lowest BCUT2D eigenvalue weighted by molar-refractivity contribution is 0.616. The Hall–Kier alpha value is -4.41. The molecule has 0 aliphatic heterocycles. The summed E-state index contributed by atoms with van der Waals surface area (Å²) in [5.74, 6) is 10.5. The second-order valence-electron chi connectivity index (χ2n) is 8.38. The lowest BCUT2D eigenvalue weighted by Crippen LogP contribution is -2.02. The van der Waals surface area contributed by atoms with Crippen molar-refractivity contribution in [2.75, 3.05) is 0 Å². The molecule has 1 heterocycles. The van der Waals surface area contributed by atoms with Crippen LogP contribution < -0.4 is 5.43 Å². The minimum absolute atomic E-state index is 0.0714. The number of hydrogen-bond acceptors (Lipinski definition) is 2. The van der Waals surface area contributed by atoms with Gasteiger partial charge in [0, 0.05) is 22.8 Å². The van der Waals surface area contributed by atoms with E-state index in [1.54, 1.807) is 49.4 Å². The van der Waals surface area contributed by atoms with E-state index in [0.717, 1.165) is 5.56 Å². The third-order valence-corrected chi connectivity index (χ3v) is 5.99. The molecule has 0 saturated heterocycles. The van der Waals surface area contributed by atoms with E-state index >= 15 is 0 Å². The molecular weight excluding hydrogens is 442 g/mol. The molecule has 0 atom stereocenters. The highest BCUT2D eigenvalue weighted by Gasteiger charge is 2.12. The summed E-state index contributed by atoms with van der Waals surface area (Å²) >= 11 is 0. The lowest BCUT2D eigenvalue weighted by Gasteiger charge is -2.07. The van der Waals surface area contributed by atoms with E-state index in [9.17, 15) is 13.6 Å². The van der Waals surface area contributed by atoms with Crippen molar-refractivity contribution in [2.45, 2.75) is 26.7 Å². The van der Waals surface area contributed by atoms with Crippen LogP contribution >= 0.6 is 0 Å². The van der Waals surface area contributed by atoms with Crippen molar-refractivity contribution < 1.29 is 13.2 Å². The molecule has 4 aromatic carbocycles. The Balaban J connectivity index is 1.39. The van der Waals surface area contributed by atoms with Crippen molar-refractivity contribution in [3.63, 3.8) is 0 Å². The van der Waals surface area contributed by atoms with Crippen LogP contribution in [0.4, 0.5) is 8.78 Å². The summed E-state index contributed by atoms with van der Waals surface area (Å²) in [5, 5.41) is 1.51. The van der Waals surface area contributed by atoms with Gasteiger partial charge in [0.15, 0.2) is 0 Å². The minimum Gasteiger partial charge on any atom is -0.456 e. The zero-order chi connectivity index (χ0) is 24.5. The van der Waals surface area contributed by atoms with Gasteiger partial charge in [0.2, 0.25) is 5.43 Å². The average Bonchev–Trinajstić information content (AvgIpc) is 2.84. The van der Waals surface area contributed by atoms with E-state index in [1.165, 1.54) is 6.07 Å². The first-order chi connectivity index (χ1) is 17.0. The monoisotopic (exact) mass is 462 g/mol. The predicted molar refractivity (Wildman–Crippen MR) is 136 cm³/mol. The smallest absolute Gasteiger partial charge is 0.200 e. The summed E-state index contributed by atoms with van der Waals surface area (Å²) in [4.78, 5) is 12.8. The van der Waals surface area contributed by atoms with Gasteiger partial charge in [-0.25, -0.2) is 8.78 Å². The number of aryl methyl sites for hydroxylation is 2. The van der Waals surface area contributed by atoms with Gasteiger partial charge in [-0.2, -0.15) is 0 Å². The number of hydrogen-bond donors (Lipinski definition) is 0. The van der Waals surface area contributed by atoms with Gasteiger partial charge in [0.1, 0.15) is 22.8 Å². The van der Waals surface area contributed by atoms with Crippen LogP contribution in [0.1, 0.15) is 35.6 Å². The largest absolute Gasteiger partial charge is 0.456 e. The first kappa shape index (κ1) is 22.4. The summed E-state index contributed by atoms with van der Waals surface area (Å²) in [5.41, 5.74) is 3.41. The van der Waals surface area contributed by atoms with Gasteiger partial charge in [-0.15, -0.1) is 5.92 Å². The van der Waals surface area contributed by atoms with Crippen molar-refractivity contribution in [1.82, 2.24) is 0 Å². The predicted octanol–water partition coefficient (Wildman–Crippen LogP) is 7.04. The third-order valence-electron chi connectivity index (χ3n) is 5.99. The van der Waals surface area contributed by atoms with E-state index in [4.69, 9.17) is 4.42 Å². The topological polar surface area (TPSA) is 30.2 Å². The molecular formula is C31H20F2O2. The van der Waals surface area contributed by atoms with Crippen LogP contribution in [0.2, 0.25) is 0 Å². The Morgan fingerprint density at radius 1 is 0.800 bits per heavy atom. The van der Waals surface area contributed by atoms with Gasteiger partial charge >= 0.3 is 0 Å². The molecule has 35 heavy (non-hydrogen) atoms. The maximum Gasteiger partial charge on any atom is 0.200 e. The molecule has 0 N–H and O–H groups in total. The quantitative estimate of drug-likeness (QED) is 0.208. The highest BCUT2D eigenvalue weighted by molar-refractivity contribution is 5.90. The Kier molecular flexibility index (Phi) is 5.81. The standard InChI is InChI=1S/C31H20F2O2/c1-3-6-21-11-15-24-23(29(21)32)16-12-22(30(24)33)8-5-4-7-20-10-14-26-28(18-20)35-27-17-19(2)9-13-25(27)31(26)34/h9-18H,5,8H2,1-2H3. The Labute approximate surface area is 201 Å². The fourth-order valence-electron chi connectivity index (χ4n) is 4.20. The van der Waals surface area contributed by atoms with E-state index < -0.39 is 11.6 Å². The maximum atomic E-state index is 15.0. The zero-order valence-electron chi connectivity index (χ0n) is 19.3. The summed E-state index contributed by atoms with van der Waals surface area (Å²) in [6, 6.07) is 17.0. The molecule has 5 aromatic rings. The molecule has 4 heteroatoms. The van der Waals surface area contributed by atoms with Gasteiger partial charge < -0.3 is 4.42 Å². The lowest BCUT2D eigenvalue weighted by atomic mass is 10.0. The second-order valence-corrected chi connectivity index (χ2v) is 8.38. The van der Waals surface area contributed by atoms with Gasteiger partial charge in [0.05, 0.1) is 16.3 Å². The molecule has 0 fully saturated rings. The molecule has 2 nitrogen and oxygen atoms in total. The SMILES string of the molecule is CC#Cc1ccc2c(F)c(CCC#Cc3ccc4c(=O)c5ccc(C)cc5oc4c3)ccc2c1F. The van der Waals surface area contributed by atoms with Crippen LogP contribution in [0.25, 0.3) is 32.7 Å². The van der Waals surface area contributed by atoms with Gasteiger partial charge in [-0.1, -0.05) is 36.0 Å². The third kappa shape index (κ3) is 4.16. The summed E-state index contributed by atoms with van der Waals surface area (Å²) in [7, 11) is 0. The normalized spacial score (nSPS) is 10.7. The van der Waals surface area contributed by atoms with Gasteiger partial charge in [-0.05, 0) is 73.9 Å². The molecule has 0 saturated carbocycles. The summed E-state index contributed by atoms with van der Waals surface area (Å²) in [6.07, 6.45) is 0.808. The minimum atomic E-state index is -0.506. The van der Waals surface area contributed by atoms with E-state index in [2.05, 4.69) is 23.7 Å². The van der Waals surface area contributed by atoms with E-state index in [0.29, 0.717) is 45.9 Å². The van der Waals surface area contributed by atoms with Crippen molar-refractivity contribution in [3.8, 4) is 23.7 Å². The highest BCUT2D eigenvalue weighted by atomic mass is 19.1. The first-order valence-corrected chi connectivity index (χ1v) is 11.2. The molecule has 0 aliphatic carbocycles. The zero-order valence-corrected chi connectivity index (χ0v) is 19.3. The number of halogens is 2. The Morgan fingerprint density at radius 3 is 2.29 bits per heavy atom. The number of fused-ring (bicyclic) bond motifs is 3. The van der Waals surface area contributed by atoms with Crippen molar-refractivity contribution in [2.24, 2.45) is 0 Å². The average molecular weight is 462 g/mol. The number of benzene rings is 4. The Morgan fingerprint density at radius 2 is 1.49 bits per heavy atom. The van der Waals surface area contributed by atoms with Crippen molar-refractivity contribution in [1.29, 1.82) is 0 Å². The number of rotatable bonds is 2. The van der Waals surface area contributed by atoms with Crippen LogP contribution in [0.15, 0.2) is 69.9 Å². The molecule has 0 radical (unpaired) electrons.